The van der Waals surface area contributed by atoms with Crippen LogP contribution in [0.2, 0.25) is 0 Å². The Kier molecular flexibility index (Phi) is 51.3. The number of ether oxygens (including phenoxy) is 3. The minimum Gasteiger partial charge on any atom is -0.462 e. The van der Waals surface area contributed by atoms with Gasteiger partial charge < -0.3 is 14.2 Å². The zero-order chi connectivity index (χ0) is 47.2. The molecule has 6 nitrogen and oxygen atoms in total. The van der Waals surface area contributed by atoms with Crippen LogP contribution in [-0.2, 0) is 28.6 Å². The molecule has 0 aromatic carbocycles. The highest BCUT2D eigenvalue weighted by molar-refractivity contribution is 5.71. The van der Waals surface area contributed by atoms with Crippen molar-refractivity contribution < 1.29 is 28.6 Å². The Morgan fingerprint density at radius 2 is 0.569 bits per heavy atom. The molecule has 0 spiro atoms. The van der Waals surface area contributed by atoms with Crippen molar-refractivity contribution in [1.29, 1.82) is 0 Å². The van der Waals surface area contributed by atoms with E-state index in [4.69, 9.17) is 14.2 Å². The number of esters is 3. The summed E-state index contributed by atoms with van der Waals surface area (Å²) in [5, 5.41) is 0. The standard InChI is InChI=1S/C59H104O6/c1-4-7-10-13-16-19-22-24-25-26-27-28-29-30-31-32-33-35-37-40-43-46-49-52-58(61)64-55-56(54-63-57(60)51-48-45-42-39-36-21-18-15-12-9-6-3)65-59(62)53-50-47-44-41-38-34-23-20-17-14-11-8-5-2/h15,18,20,22-24,26-27,29-30,56H,4-14,16-17,19,21,25,28,31-55H2,1-3H3/b18-15-,23-20-,24-22-,27-26-,30-29-. The molecule has 0 aliphatic carbocycles. The molecule has 0 aromatic heterocycles. The van der Waals surface area contributed by atoms with E-state index in [0.29, 0.717) is 19.3 Å². The van der Waals surface area contributed by atoms with E-state index < -0.39 is 6.10 Å². The molecular formula is C59H104O6. The van der Waals surface area contributed by atoms with Gasteiger partial charge in [-0.1, -0.05) is 216 Å². The topological polar surface area (TPSA) is 78.9 Å². The Bertz CT molecular complexity index is 1180. The summed E-state index contributed by atoms with van der Waals surface area (Å²) in [6.07, 6.45) is 66.4. The van der Waals surface area contributed by atoms with Crippen LogP contribution in [0.4, 0.5) is 0 Å². The smallest absolute Gasteiger partial charge is 0.306 e. The third-order valence-electron chi connectivity index (χ3n) is 12.0. The van der Waals surface area contributed by atoms with Crippen LogP contribution in [0.3, 0.4) is 0 Å². The lowest BCUT2D eigenvalue weighted by atomic mass is 10.1. The summed E-state index contributed by atoms with van der Waals surface area (Å²) in [7, 11) is 0. The van der Waals surface area contributed by atoms with Gasteiger partial charge in [-0.05, 0) is 103 Å². The molecule has 1 atom stereocenters. The molecule has 1 unspecified atom stereocenters. The molecule has 65 heavy (non-hydrogen) atoms. The number of hydrogen-bond acceptors (Lipinski definition) is 6. The molecule has 0 saturated carbocycles. The minimum absolute atomic E-state index is 0.0836. The largest absolute Gasteiger partial charge is 0.462 e. The Labute approximate surface area is 402 Å². The molecule has 0 saturated heterocycles. The summed E-state index contributed by atoms with van der Waals surface area (Å²) >= 11 is 0. The second-order valence-electron chi connectivity index (χ2n) is 18.5. The highest BCUT2D eigenvalue weighted by atomic mass is 16.6. The lowest BCUT2D eigenvalue weighted by Crippen LogP contribution is -2.30. The van der Waals surface area contributed by atoms with Gasteiger partial charge in [-0.15, -0.1) is 0 Å². The molecule has 376 valence electrons. The monoisotopic (exact) mass is 909 g/mol. The first-order valence-electron chi connectivity index (χ1n) is 27.8. The predicted octanol–water partition coefficient (Wildman–Crippen LogP) is 18.4. The van der Waals surface area contributed by atoms with Crippen LogP contribution in [0, 0.1) is 0 Å². The van der Waals surface area contributed by atoms with Gasteiger partial charge >= 0.3 is 17.9 Å². The van der Waals surface area contributed by atoms with Gasteiger partial charge in [0.2, 0.25) is 0 Å². The predicted molar refractivity (Wildman–Crippen MR) is 279 cm³/mol. The molecule has 0 heterocycles. The lowest BCUT2D eigenvalue weighted by molar-refractivity contribution is -0.167. The average Bonchev–Trinajstić information content (AvgIpc) is 3.30. The van der Waals surface area contributed by atoms with Crippen LogP contribution in [0.25, 0.3) is 0 Å². The third kappa shape index (κ3) is 51.9. The van der Waals surface area contributed by atoms with E-state index in [1.807, 2.05) is 0 Å². The molecule has 0 rings (SSSR count). The van der Waals surface area contributed by atoms with E-state index in [2.05, 4.69) is 81.5 Å². The van der Waals surface area contributed by atoms with Crippen molar-refractivity contribution >= 4 is 17.9 Å². The summed E-state index contributed by atoms with van der Waals surface area (Å²) in [6, 6.07) is 0. The van der Waals surface area contributed by atoms with Gasteiger partial charge in [0, 0.05) is 19.3 Å². The highest BCUT2D eigenvalue weighted by Crippen LogP contribution is 2.14. The summed E-state index contributed by atoms with van der Waals surface area (Å²) in [4.78, 5) is 38.0. The summed E-state index contributed by atoms with van der Waals surface area (Å²) in [6.45, 7) is 6.56. The van der Waals surface area contributed by atoms with Crippen LogP contribution in [-0.4, -0.2) is 37.2 Å². The van der Waals surface area contributed by atoms with Crippen molar-refractivity contribution in [3.63, 3.8) is 0 Å². The first kappa shape index (κ1) is 62.1. The van der Waals surface area contributed by atoms with Gasteiger partial charge in [-0.2, -0.15) is 0 Å². The minimum atomic E-state index is -0.783. The van der Waals surface area contributed by atoms with Crippen molar-refractivity contribution in [3.8, 4) is 0 Å². The zero-order valence-electron chi connectivity index (χ0n) is 43.0. The van der Waals surface area contributed by atoms with Gasteiger partial charge in [0.1, 0.15) is 13.2 Å². The van der Waals surface area contributed by atoms with Gasteiger partial charge in [0.25, 0.3) is 0 Å². The quantitative estimate of drug-likeness (QED) is 0.0262. The normalized spacial score (nSPS) is 12.5. The van der Waals surface area contributed by atoms with Crippen LogP contribution in [0.15, 0.2) is 60.8 Å². The van der Waals surface area contributed by atoms with Gasteiger partial charge in [-0.25, -0.2) is 0 Å². The fourth-order valence-corrected chi connectivity index (χ4v) is 7.72. The number of unbranched alkanes of at least 4 members (excludes halogenated alkanes) is 29. The molecule has 0 fully saturated rings. The van der Waals surface area contributed by atoms with Crippen molar-refractivity contribution in [2.75, 3.05) is 13.2 Å². The molecular weight excluding hydrogens is 805 g/mol. The van der Waals surface area contributed by atoms with E-state index in [1.54, 1.807) is 0 Å². The molecule has 0 radical (unpaired) electrons. The fourth-order valence-electron chi connectivity index (χ4n) is 7.72. The molecule has 0 amide bonds. The fraction of sp³-hybridized carbons (Fsp3) is 0.780. The van der Waals surface area contributed by atoms with Crippen molar-refractivity contribution in [2.24, 2.45) is 0 Å². The van der Waals surface area contributed by atoms with E-state index >= 15 is 0 Å². The lowest BCUT2D eigenvalue weighted by Gasteiger charge is -2.18. The number of rotatable bonds is 50. The average molecular weight is 909 g/mol. The van der Waals surface area contributed by atoms with Crippen molar-refractivity contribution in [1.82, 2.24) is 0 Å². The first-order chi connectivity index (χ1) is 32.0. The summed E-state index contributed by atoms with van der Waals surface area (Å²) < 4.78 is 16.8. The van der Waals surface area contributed by atoms with Crippen molar-refractivity contribution in [2.45, 2.75) is 284 Å². The highest BCUT2D eigenvalue weighted by Gasteiger charge is 2.19. The number of carbonyl (C=O) groups is 3. The van der Waals surface area contributed by atoms with Crippen LogP contribution in [0.1, 0.15) is 278 Å². The second-order valence-corrected chi connectivity index (χ2v) is 18.5. The number of allylic oxidation sites excluding steroid dienone is 10. The van der Waals surface area contributed by atoms with Gasteiger partial charge in [0.15, 0.2) is 6.10 Å². The van der Waals surface area contributed by atoms with Gasteiger partial charge in [0.05, 0.1) is 0 Å². The number of hydrogen-bond donors (Lipinski definition) is 0. The van der Waals surface area contributed by atoms with Gasteiger partial charge in [-0.3, -0.25) is 14.4 Å². The Morgan fingerprint density at radius 3 is 0.938 bits per heavy atom. The van der Waals surface area contributed by atoms with E-state index in [-0.39, 0.29) is 31.1 Å². The SMILES string of the molecule is CCCC/C=C\CCCCCCCC(=O)OCC(COC(=O)CCCCCCCCCC/C=C\C/C=C\C/C=C\CCCCCCC)OC(=O)CCCCCCC/C=C\CCCCCC. The van der Waals surface area contributed by atoms with Crippen LogP contribution in [0.5, 0.6) is 0 Å². The maximum absolute atomic E-state index is 12.8. The van der Waals surface area contributed by atoms with E-state index in [9.17, 15) is 14.4 Å². The third-order valence-corrected chi connectivity index (χ3v) is 12.0. The van der Waals surface area contributed by atoms with Crippen LogP contribution < -0.4 is 0 Å². The second kappa shape index (κ2) is 53.7. The Morgan fingerprint density at radius 1 is 0.308 bits per heavy atom. The Hall–Kier alpha value is -2.89. The zero-order valence-corrected chi connectivity index (χ0v) is 43.0. The Balaban J connectivity index is 4.30. The first-order valence-corrected chi connectivity index (χ1v) is 27.8. The van der Waals surface area contributed by atoms with Crippen molar-refractivity contribution in [3.05, 3.63) is 60.8 Å². The number of carbonyl (C=O) groups excluding carboxylic acids is 3. The van der Waals surface area contributed by atoms with E-state index in [1.165, 1.54) is 141 Å². The summed E-state index contributed by atoms with van der Waals surface area (Å²) in [5.74, 6) is -0.903. The maximum Gasteiger partial charge on any atom is 0.306 e. The molecule has 0 aliphatic heterocycles. The summed E-state index contributed by atoms with van der Waals surface area (Å²) in [5.41, 5.74) is 0. The molecule has 0 N–H and O–H groups in total. The molecule has 6 heteroatoms. The molecule has 0 aromatic rings. The molecule has 0 aliphatic rings. The maximum atomic E-state index is 12.8. The van der Waals surface area contributed by atoms with E-state index in [0.717, 1.165) is 96.3 Å². The molecule has 0 bridgehead atoms. The van der Waals surface area contributed by atoms with Crippen LogP contribution >= 0.6 is 0 Å².